The summed E-state index contributed by atoms with van der Waals surface area (Å²) < 4.78 is 0. The second kappa shape index (κ2) is 2.93. The van der Waals surface area contributed by atoms with E-state index in [2.05, 4.69) is 21.2 Å². The van der Waals surface area contributed by atoms with Crippen molar-refractivity contribution in [1.29, 1.82) is 5.26 Å². The van der Waals surface area contributed by atoms with Gasteiger partial charge in [-0.05, 0) is 13.8 Å². The van der Waals surface area contributed by atoms with E-state index >= 15 is 0 Å². The minimum absolute atomic E-state index is 0.102. The van der Waals surface area contributed by atoms with Crippen molar-refractivity contribution in [2.24, 2.45) is 0 Å². The molecule has 0 aromatic rings. The van der Waals surface area contributed by atoms with Gasteiger partial charge in [-0.15, -0.1) is 0 Å². The van der Waals surface area contributed by atoms with Crippen molar-refractivity contribution < 1.29 is 0 Å². The van der Waals surface area contributed by atoms with Crippen LogP contribution in [0.2, 0.25) is 0 Å². The molecule has 0 aromatic carbocycles. The van der Waals surface area contributed by atoms with Crippen LogP contribution >= 0.6 is 15.9 Å². The third-order valence-corrected chi connectivity index (χ3v) is 2.13. The van der Waals surface area contributed by atoms with E-state index in [9.17, 15) is 0 Å². The van der Waals surface area contributed by atoms with Crippen LogP contribution in [0.15, 0.2) is 0 Å². The molecule has 0 amide bonds. The Kier molecular flexibility index (Phi) is 2.85. The van der Waals surface area contributed by atoms with E-state index in [1.807, 2.05) is 20.0 Å². The van der Waals surface area contributed by atoms with Crippen LogP contribution in [0.3, 0.4) is 0 Å². The molecular formula is C5H9BrN2. The van der Waals surface area contributed by atoms with Gasteiger partial charge in [-0.25, -0.2) is 0 Å². The first-order valence-corrected chi connectivity index (χ1v) is 3.47. The fourth-order valence-electron chi connectivity index (χ4n) is 0.185. The summed E-state index contributed by atoms with van der Waals surface area (Å²) in [7, 11) is 0. The number of rotatable bonds is 2. The summed E-state index contributed by atoms with van der Waals surface area (Å²) in [6, 6.07) is 0. The lowest BCUT2D eigenvalue weighted by Crippen LogP contribution is -2.37. The Morgan fingerprint density at radius 1 is 1.75 bits per heavy atom. The molecule has 0 fully saturated rings. The molecule has 0 saturated carbocycles. The number of nitrogens with one attached hydrogen (secondary N) is 1. The first-order valence-electron chi connectivity index (χ1n) is 2.34. The maximum absolute atomic E-state index is 8.15. The molecule has 0 saturated heterocycles. The number of nitrogens with zero attached hydrogens (tertiary/aromatic N) is 1. The Morgan fingerprint density at radius 3 is 2.38 bits per heavy atom. The van der Waals surface area contributed by atoms with Crippen LogP contribution < -0.4 is 5.32 Å². The second-order valence-corrected chi connectivity index (χ2v) is 2.82. The molecule has 1 N–H and O–H groups in total. The van der Waals surface area contributed by atoms with Crippen molar-refractivity contribution in [3.63, 3.8) is 0 Å². The normalized spacial score (nSPS) is 10.2. The summed E-state index contributed by atoms with van der Waals surface area (Å²) in [5, 5.41) is 11.6. The lowest BCUT2D eigenvalue weighted by molar-refractivity contribution is 0.512. The first kappa shape index (κ1) is 7.77. The van der Waals surface area contributed by atoms with Gasteiger partial charge in [-0.3, -0.25) is 0 Å². The minimum atomic E-state index is -0.102. The Labute approximate surface area is 58.0 Å². The number of halogens is 1. The van der Waals surface area contributed by atoms with Gasteiger partial charge in [0.25, 0.3) is 0 Å². The van der Waals surface area contributed by atoms with E-state index in [1.54, 1.807) is 0 Å². The van der Waals surface area contributed by atoms with Gasteiger partial charge in [0.1, 0.15) is 0 Å². The average molecular weight is 177 g/mol. The Morgan fingerprint density at radius 2 is 2.25 bits per heavy atom. The highest BCUT2D eigenvalue weighted by atomic mass is 79.9. The molecule has 0 unspecified atom stereocenters. The third-order valence-electron chi connectivity index (χ3n) is 0.728. The molecule has 0 aliphatic rings. The second-order valence-electron chi connectivity index (χ2n) is 2.25. The van der Waals surface area contributed by atoms with E-state index in [0.717, 1.165) is 5.33 Å². The Balaban J connectivity index is 3.58. The summed E-state index contributed by atoms with van der Waals surface area (Å²) in [4.78, 5) is 0. The predicted octanol–water partition coefficient (Wildman–Crippen LogP) is 1.23. The monoisotopic (exact) mass is 176 g/mol. The SMILES string of the molecule is CC(C)(CBr)NC#N. The molecule has 2 nitrogen and oxygen atoms in total. The molecule has 0 bridgehead atoms. The number of hydrogen-bond donors (Lipinski definition) is 1. The number of hydrogen-bond acceptors (Lipinski definition) is 2. The third kappa shape index (κ3) is 2.86. The van der Waals surface area contributed by atoms with E-state index in [1.165, 1.54) is 0 Å². The molecule has 0 heterocycles. The first-order chi connectivity index (χ1) is 3.62. The predicted molar refractivity (Wildman–Crippen MR) is 36.6 cm³/mol. The van der Waals surface area contributed by atoms with E-state index in [0.29, 0.717) is 0 Å². The summed E-state index contributed by atoms with van der Waals surface area (Å²) in [5.41, 5.74) is -0.102. The zero-order valence-electron chi connectivity index (χ0n) is 5.03. The van der Waals surface area contributed by atoms with Crippen LogP contribution in [-0.4, -0.2) is 10.9 Å². The topological polar surface area (TPSA) is 35.8 Å². The highest BCUT2D eigenvalue weighted by Gasteiger charge is 2.12. The Hall–Kier alpha value is -0.230. The summed E-state index contributed by atoms with van der Waals surface area (Å²) in [6.07, 6.45) is 1.88. The molecule has 0 aliphatic carbocycles. The van der Waals surface area contributed by atoms with Crippen LogP contribution in [0.1, 0.15) is 13.8 Å². The summed E-state index contributed by atoms with van der Waals surface area (Å²) >= 11 is 3.26. The van der Waals surface area contributed by atoms with Crippen LogP contribution in [0.25, 0.3) is 0 Å². The van der Waals surface area contributed by atoms with Crippen molar-refractivity contribution in [3.8, 4) is 6.19 Å². The molecular weight excluding hydrogens is 168 g/mol. The van der Waals surface area contributed by atoms with Crippen LogP contribution in [0.4, 0.5) is 0 Å². The molecule has 0 aromatic heterocycles. The molecule has 0 radical (unpaired) electrons. The van der Waals surface area contributed by atoms with Crippen LogP contribution in [0.5, 0.6) is 0 Å². The van der Waals surface area contributed by atoms with Crippen LogP contribution in [-0.2, 0) is 0 Å². The fraction of sp³-hybridized carbons (Fsp3) is 0.800. The molecule has 46 valence electrons. The largest absolute Gasteiger partial charge is 0.317 e. The van der Waals surface area contributed by atoms with Gasteiger partial charge in [-0.1, -0.05) is 15.9 Å². The smallest absolute Gasteiger partial charge is 0.177 e. The summed E-state index contributed by atoms with van der Waals surface area (Å²) in [5.74, 6) is 0. The standard InChI is InChI=1S/C5H9BrN2/c1-5(2,3-6)8-4-7/h8H,3H2,1-2H3. The maximum Gasteiger partial charge on any atom is 0.177 e. The molecule has 8 heavy (non-hydrogen) atoms. The van der Waals surface area contributed by atoms with Crippen molar-refractivity contribution in [1.82, 2.24) is 5.32 Å². The van der Waals surface area contributed by atoms with Gasteiger partial charge in [0.15, 0.2) is 6.19 Å². The quantitative estimate of drug-likeness (QED) is 0.391. The molecule has 0 spiro atoms. The van der Waals surface area contributed by atoms with E-state index in [-0.39, 0.29) is 5.54 Å². The fourth-order valence-corrected chi connectivity index (χ4v) is 0.325. The van der Waals surface area contributed by atoms with E-state index < -0.39 is 0 Å². The summed E-state index contributed by atoms with van der Waals surface area (Å²) in [6.45, 7) is 3.90. The van der Waals surface area contributed by atoms with Crippen LogP contribution in [0, 0.1) is 11.5 Å². The van der Waals surface area contributed by atoms with Gasteiger partial charge < -0.3 is 5.32 Å². The van der Waals surface area contributed by atoms with Gasteiger partial charge in [0.2, 0.25) is 0 Å². The van der Waals surface area contributed by atoms with Crippen molar-refractivity contribution in [3.05, 3.63) is 0 Å². The molecule has 0 rings (SSSR count). The maximum atomic E-state index is 8.15. The zero-order chi connectivity index (χ0) is 6.62. The lowest BCUT2D eigenvalue weighted by Gasteiger charge is -2.18. The van der Waals surface area contributed by atoms with Gasteiger partial charge in [0, 0.05) is 5.33 Å². The number of nitriles is 1. The minimum Gasteiger partial charge on any atom is -0.317 e. The average Bonchev–Trinajstić information content (AvgIpc) is 1.67. The van der Waals surface area contributed by atoms with Gasteiger partial charge in [-0.2, -0.15) is 5.26 Å². The molecule has 0 atom stereocenters. The Bertz CT molecular complexity index is 103. The van der Waals surface area contributed by atoms with Crippen molar-refractivity contribution in [2.75, 3.05) is 5.33 Å². The number of alkyl halides is 1. The zero-order valence-corrected chi connectivity index (χ0v) is 6.62. The van der Waals surface area contributed by atoms with Gasteiger partial charge >= 0.3 is 0 Å². The van der Waals surface area contributed by atoms with Gasteiger partial charge in [0.05, 0.1) is 5.54 Å². The highest BCUT2D eigenvalue weighted by molar-refractivity contribution is 9.09. The van der Waals surface area contributed by atoms with Crippen molar-refractivity contribution >= 4 is 15.9 Å². The van der Waals surface area contributed by atoms with Crippen molar-refractivity contribution in [2.45, 2.75) is 19.4 Å². The lowest BCUT2D eigenvalue weighted by atomic mass is 10.1. The molecule has 3 heteroatoms. The van der Waals surface area contributed by atoms with E-state index in [4.69, 9.17) is 5.26 Å². The highest BCUT2D eigenvalue weighted by Crippen LogP contribution is 2.03. The molecule has 0 aliphatic heterocycles.